The van der Waals surface area contributed by atoms with E-state index in [2.05, 4.69) is 10.6 Å². The number of nitrogens with one attached hydrogen (secondary N) is 2. The van der Waals surface area contributed by atoms with E-state index in [9.17, 15) is 19.2 Å². The van der Waals surface area contributed by atoms with Gasteiger partial charge >= 0.3 is 0 Å². The molecule has 0 aliphatic carbocycles. The minimum atomic E-state index is -0.397. The summed E-state index contributed by atoms with van der Waals surface area (Å²) in [6.07, 6.45) is 0. The van der Waals surface area contributed by atoms with Crippen molar-refractivity contribution in [2.75, 3.05) is 20.2 Å². The number of nitrogens with zero attached hydrogens (tertiary/aromatic N) is 1. The molecule has 0 atom stereocenters. The summed E-state index contributed by atoms with van der Waals surface area (Å²) in [6.45, 7) is 3.97. The van der Waals surface area contributed by atoms with Crippen molar-refractivity contribution < 1.29 is 23.9 Å². The maximum atomic E-state index is 12.5. The van der Waals surface area contributed by atoms with Crippen LogP contribution in [0, 0.1) is 0 Å². The fourth-order valence-corrected chi connectivity index (χ4v) is 3.17. The Morgan fingerprint density at radius 1 is 0.867 bits per heavy atom. The highest BCUT2D eigenvalue weighted by Gasteiger charge is 2.37. The fraction of sp³-hybridized carbons (Fsp3) is 0.273. The summed E-state index contributed by atoms with van der Waals surface area (Å²) in [7, 11) is 1.55. The van der Waals surface area contributed by atoms with Gasteiger partial charge in [0.05, 0.1) is 18.2 Å². The van der Waals surface area contributed by atoms with Crippen LogP contribution in [0.1, 0.15) is 55.3 Å². The first-order valence-electron chi connectivity index (χ1n) is 9.56. The van der Waals surface area contributed by atoms with Gasteiger partial charge in [-0.25, -0.2) is 0 Å². The second-order valence-electron chi connectivity index (χ2n) is 7.07. The highest BCUT2D eigenvalue weighted by atomic mass is 16.5. The van der Waals surface area contributed by atoms with Gasteiger partial charge in [-0.3, -0.25) is 24.1 Å². The van der Waals surface area contributed by atoms with E-state index in [1.807, 2.05) is 0 Å². The smallest absolute Gasteiger partial charge is 0.261 e. The van der Waals surface area contributed by atoms with Crippen LogP contribution >= 0.6 is 0 Å². The van der Waals surface area contributed by atoms with Crippen molar-refractivity contribution in [3.63, 3.8) is 0 Å². The molecule has 30 heavy (non-hydrogen) atoms. The fourth-order valence-electron chi connectivity index (χ4n) is 3.17. The van der Waals surface area contributed by atoms with Gasteiger partial charge in [-0.15, -0.1) is 0 Å². The summed E-state index contributed by atoms with van der Waals surface area (Å²) >= 11 is 0. The largest absolute Gasteiger partial charge is 0.497 e. The third-order valence-corrected chi connectivity index (χ3v) is 4.74. The number of ether oxygens (including phenoxy) is 1. The zero-order valence-electron chi connectivity index (χ0n) is 17.0. The molecule has 0 saturated carbocycles. The molecule has 2 aromatic carbocycles. The molecule has 0 radical (unpaired) electrons. The van der Waals surface area contributed by atoms with Gasteiger partial charge < -0.3 is 15.4 Å². The first-order chi connectivity index (χ1) is 14.3. The van der Waals surface area contributed by atoms with Gasteiger partial charge in [0, 0.05) is 30.3 Å². The van der Waals surface area contributed by atoms with E-state index in [0.29, 0.717) is 16.9 Å². The number of rotatable bonds is 7. The van der Waals surface area contributed by atoms with Crippen LogP contribution in [-0.2, 0) is 0 Å². The standard InChI is InChI=1S/C22H23N3O5/c1-13(2)25-21(28)17-9-6-15(12-18(17)22(25)29)20(27)24-11-10-23-19(26)14-4-7-16(30-3)8-5-14/h4-9,12-13H,10-11H2,1-3H3,(H,23,26)(H,24,27). The first-order valence-corrected chi connectivity index (χ1v) is 9.56. The summed E-state index contributed by atoms with van der Waals surface area (Å²) < 4.78 is 5.05. The van der Waals surface area contributed by atoms with Crippen LogP contribution in [0.4, 0.5) is 0 Å². The molecule has 1 aliphatic heterocycles. The van der Waals surface area contributed by atoms with Crippen LogP contribution in [-0.4, -0.2) is 54.8 Å². The lowest BCUT2D eigenvalue weighted by atomic mass is 10.1. The van der Waals surface area contributed by atoms with Crippen LogP contribution in [0.2, 0.25) is 0 Å². The van der Waals surface area contributed by atoms with Crippen LogP contribution < -0.4 is 15.4 Å². The molecule has 0 bridgehead atoms. The molecule has 8 nitrogen and oxygen atoms in total. The SMILES string of the molecule is COc1ccc(C(=O)NCCNC(=O)c2ccc3c(c2)C(=O)N(C(C)C)C3=O)cc1. The third-order valence-electron chi connectivity index (χ3n) is 4.74. The first kappa shape index (κ1) is 21.0. The molecule has 0 fully saturated rings. The molecule has 8 heteroatoms. The molecule has 0 saturated heterocycles. The van der Waals surface area contributed by atoms with Gasteiger partial charge in [0.2, 0.25) is 0 Å². The Hall–Kier alpha value is -3.68. The van der Waals surface area contributed by atoms with Crippen molar-refractivity contribution in [2.45, 2.75) is 19.9 Å². The molecule has 0 spiro atoms. The summed E-state index contributed by atoms with van der Waals surface area (Å²) in [5.41, 5.74) is 1.30. The molecular formula is C22H23N3O5. The Morgan fingerprint density at radius 3 is 1.97 bits per heavy atom. The Balaban J connectivity index is 1.54. The number of carbonyl (C=O) groups is 4. The molecule has 0 aromatic heterocycles. The number of imide groups is 1. The maximum Gasteiger partial charge on any atom is 0.261 e. The van der Waals surface area contributed by atoms with Crippen LogP contribution in [0.25, 0.3) is 0 Å². The highest BCUT2D eigenvalue weighted by Crippen LogP contribution is 2.25. The Kier molecular flexibility index (Phi) is 6.15. The van der Waals surface area contributed by atoms with E-state index in [1.165, 1.54) is 23.1 Å². The van der Waals surface area contributed by atoms with Crippen molar-refractivity contribution in [1.82, 2.24) is 15.5 Å². The molecule has 3 rings (SSSR count). The van der Waals surface area contributed by atoms with Gasteiger partial charge in [0.15, 0.2) is 0 Å². The van der Waals surface area contributed by atoms with Crippen LogP contribution in [0.3, 0.4) is 0 Å². The highest BCUT2D eigenvalue weighted by molar-refractivity contribution is 6.22. The maximum absolute atomic E-state index is 12.5. The molecule has 2 aromatic rings. The van der Waals surface area contributed by atoms with Gasteiger partial charge in [0.25, 0.3) is 23.6 Å². The Bertz CT molecular complexity index is 998. The monoisotopic (exact) mass is 409 g/mol. The number of hydrogen-bond acceptors (Lipinski definition) is 5. The van der Waals surface area contributed by atoms with E-state index in [4.69, 9.17) is 4.74 Å². The normalized spacial score (nSPS) is 12.7. The summed E-state index contributed by atoms with van der Waals surface area (Å²) in [6, 6.07) is 10.9. The molecule has 4 amide bonds. The van der Waals surface area contributed by atoms with E-state index in [0.717, 1.165) is 0 Å². The number of fused-ring (bicyclic) bond motifs is 1. The molecule has 2 N–H and O–H groups in total. The van der Waals surface area contributed by atoms with Crippen LogP contribution in [0.5, 0.6) is 5.75 Å². The van der Waals surface area contributed by atoms with E-state index in [1.54, 1.807) is 45.2 Å². The van der Waals surface area contributed by atoms with Crippen molar-refractivity contribution in [3.05, 3.63) is 64.7 Å². The second-order valence-corrected chi connectivity index (χ2v) is 7.07. The lowest BCUT2D eigenvalue weighted by Gasteiger charge is -2.17. The van der Waals surface area contributed by atoms with Gasteiger partial charge in [-0.1, -0.05) is 0 Å². The van der Waals surface area contributed by atoms with Crippen molar-refractivity contribution in [2.24, 2.45) is 0 Å². The van der Waals surface area contributed by atoms with Crippen molar-refractivity contribution >= 4 is 23.6 Å². The second kappa shape index (κ2) is 8.77. The predicted molar refractivity (Wildman–Crippen MR) is 110 cm³/mol. The minimum absolute atomic E-state index is 0.211. The lowest BCUT2D eigenvalue weighted by molar-refractivity contribution is 0.0608. The molecule has 1 heterocycles. The topological polar surface area (TPSA) is 105 Å². The summed E-state index contributed by atoms with van der Waals surface area (Å²) in [5.74, 6) is -0.739. The zero-order valence-corrected chi connectivity index (χ0v) is 17.0. The average Bonchev–Trinajstić information content (AvgIpc) is 3.00. The number of amides is 4. The van der Waals surface area contributed by atoms with Crippen molar-refractivity contribution in [3.8, 4) is 5.75 Å². The predicted octanol–water partition coefficient (Wildman–Crippen LogP) is 1.86. The number of benzene rings is 2. The molecule has 1 aliphatic rings. The third kappa shape index (κ3) is 4.17. The lowest BCUT2D eigenvalue weighted by Crippen LogP contribution is -2.36. The van der Waals surface area contributed by atoms with E-state index < -0.39 is 5.91 Å². The molecule has 0 unspecified atom stereocenters. The Morgan fingerprint density at radius 2 is 1.40 bits per heavy atom. The van der Waals surface area contributed by atoms with Gasteiger partial charge in [-0.2, -0.15) is 0 Å². The minimum Gasteiger partial charge on any atom is -0.497 e. The van der Waals surface area contributed by atoms with Crippen LogP contribution in [0.15, 0.2) is 42.5 Å². The summed E-state index contributed by atoms with van der Waals surface area (Å²) in [5, 5.41) is 5.41. The zero-order chi connectivity index (χ0) is 21.8. The van der Waals surface area contributed by atoms with E-state index >= 15 is 0 Å². The number of carbonyl (C=O) groups excluding carboxylic acids is 4. The van der Waals surface area contributed by atoms with Crippen molar-refractivity contribution in [1.29, 1.82) is 0 Å². The van der Waals surface area contributed by atoms with Gasteiger partial charge in [0.1, 0.15) is 5.75 Å². The Labute approximate surface area is 174 Å². The molecule has 156 valence electrons. The van der Waals surface area contributed by atoms with Gasteiger partial charge in [-0.05, 0) is 56.3 Å². The van der Waals surface area contributed by atoms with E-state index in [-0.39, 0.29) is 48.0 Å². The molecular weight excluding hydrogens is 386 g/mol. The number of methoxy groups -OCH3 is 1. The average molecular weight is 409 g/mol. The quantitative estimate of drug-likeness (QED) is 0.537. The summed E-state index contributed by atoms with van der Waals surface area (Å²) in [4.78, 5) is 50.4. The number of hydrogen-bond donors (Lipinski definition) is 2.